The van der Waals surface area contributed by atoms with E-state index in [1.165, 1.54) is 0 Å². The van der Waals surface area contributed by atoms with Crippen molar-refractivity contribution in [3.8, 4) is 0 Å². The zero-order chi connectivity index (χ0) is 11.0. The maximum absolute atomic E-state index is 11.9. The van der Waals surface area contributed by atoms with Crippen LogP contribution in [0.2, 0.25) is 0 Å². The van der Waals surface area contributed by atoms with E-state index in [0.717, 1.165) is 23.3 Å². The number of amides is 1. The second-order valence-electron chi connectivity index (χ2n) is 3.86. The molecule has 0 saturated carbocycles. The summed E-state index contributed by atoms with van der Waals surface area (Å²) in [5, 5.41) is 6.08. The van der Waals surface area contributed by atoms with Crippen molar-refractivity contribution in [1.82, 2.24) is 15.6 Å². The monoisotopic (exact) mass is 269 g/mol. The van der Waals surface area contributed by atoms with Crippen LogP contribution in [0.3, 0.4) is 0 Å². The van der Waals surface area contributed by atoms with Crippen LogP contribution in [0, 0.1) is 0 Å². The largest absolute Gasteiger partial charge is 0.347 e. The number of fused-ring (bicyclic) bond motifs is 1. The van der Waals surface area contributed by atoms with Crippen molar-refractivity contribution in [2.75, 3.05) is 13.1 Å². The SMILES string of the molecule is Cl.O=C(NC1CNC1)c1ccc2scnc2c1. The molecule has 6 heteroatoms. The van der Waals surface area contributed by atoms with Crippen LogP contribution in [0.5, 0.6) is 0 Å². The minimum absolute atomic E-state index is 0. The van der Waals surface area contributed by atoms with E-state index in [2.05, 4.69) is 15.6 Å². The summed E-state index contributed by atoms with van der Waals surface area (Å²) >= 11 is 1.58. The van der Waals surface area contributed by atoms with E-state index in [1.54, 1.807) is 16.8 Å². The quantitative estimate of drug-likeness (QED) is 0.867. The lowest BCUT2D eigenvalue weighted by atomic mass is 10.1. The third-order valence-electron chi connectivity index (χ3n) is 2.71. The lowest BCUT2D eigenvalue weighted by Crippen LogP contribution is -2.56. The van der Waals surface area contributed by atoms with Crippen molar-refractivity contribution in [2.24, 2.45) is 0 Å². The number of carbonyl (C=O) groups is 1. The molecule has 1 saturated heterocycles. The molecule has 0 atom stereocenters. The number of halogens is 1. The van der Waals surface area contributed by atoms with Crippen LogP contribution >= 0.6 is 23.7 Å². The lowest BCUT2D eigenvalue weighted by Gasteiger charge is -2.27. The zero-order valence-electron chi connectivity index (χ0n) is 8.97. The number of hydrogen-bond donors (Lipinski definition) is 2. The summed E-state index contributed by atoms with van der Waals surface area (Å²) in [6, 6.07) is 5.91. The molecule has 2 N–H and O–H groups in total. The molecule has 17 heavy (non-hydrogen) atoms. The Hall–Kier alpha value is -1.17. The first-order valence-electron chi connectivity index (χ1n) is 5.18. The topological polar surface area (TPSA) is 54.0 Å². The lowest BCUT2D eigenvalue weighted by molar-refractivity contribution is 0.0924. The summed E-state index contributed by atoms with van der Waals surface area (Å²) in [4.78, 5) is 16.1. The van der Waals surface area contributed by atoms with Crippen LogP contribution in [0.4, 0.5) is 0 Å². The predicted octanol–water partition coefficient (Wildman–Crippen LogP) is 1.42. The van der Waals surface area contributed by atoms with Gasteiger partial charge in [-0.05, 0) is 18.2 Å². The highest BCUT2D eigenvalue weighted by Gasteiger charge is 2.19. The molecule has 0 aliphatic carbocycles. The smallest absolute Gasteiger partial charge is 0.251 e. The fourth-order valence-electron chi connectivity index (χ4n) is 1.66. The van der Waals surface area contributed by atoms with Crippen molar-refractivity contribution in [1.29, 1.82) is 0 Å². The van der Waals surface area contributed by atoms with Crippen molar-refractivity contribution < 1.29 is 4.79 Å². The molecule has 1 amide bonds. The number of nitrogens with zero attached hydrogens (tertiary/aromatic N) is 1. The first kappa shape index (κ1) is 12.3. The second kappa shape index (κ2) is 5.00. The molecule has 1 fully saturated rings. The first-order chi connectivity index (χ1) is 7.83. The third-order valence-corrected chi connectivity index (χ3v) is 3.52. The summed E-state index contributed by atoms with van der Waals surface area (Å²) in [6.45, 7) is 1.73. The Bertz CT molecular complexity index is 538. The maximum atomic E-state index is 11.9. The summed E-state index contributed by atoms with van der Waals surface area (Å²) in [7, 11) is 0. The van der Waals surface area contributed by atoms with Gasteiger partial charge >= 0.3 is 0 Å². The van der Waals surface area contributed by atoms with Gasteiger partial charge in [-0.2, -0.15) is 0 Å². The summed E-state index contributed by atoms with van der Waals surface area (Å²) in [5.41, 5.74) is 3.37. The van der Waals surface area contributed by atoms with Crippen molar-refractivity contribution >= 4 is 39.9 Å². The van der Waals surface area contributed by atoms with E-state index in [-0.39, 0.29) is 24.4 Å². The Morgan fingerprint density at radius 2 is 2.29 bits per heavy atom. The van der Waals surface area contributed by atoms with Gasteiger partial charge in [-0.3, -0.25) is 4.79 Å². The molecule has 3 rings (SSSR count). The molecular weight excluding hydrogens is 258 g/mol. The Kier molecular flexibility index (Phi) is 3.61. The van der Waals surface area contributed by atoms with E-state index in [9.17, 15) is 4.79 Å². The Morgan fingerprint density at radius 1 is 1.47 bits per heavy atom. The molecule has 2 aromatic rings. The van der Waals surface area contributed by atoms with Crippen molar-refractivity contribution in [2.45, 2.75) is 6.04 Å². The van der Waals surface area contributed by atoms with Crippen LogP contribution in [-0.4, -0.2) is 30.0 Å². The maximum Gasteiger partial charge on any atom is 0.251 e. The van der Waals surface area contributed by atoms with E-state index in [0.29, 0.717) is 5.56 Å². The number of hydrogen-bond acceptors (Lipinski definition) is 4. The van der Waals surface area contributed by atoms with Crippen LogP contribution in [0.15, 0.2) is 23.7 Å². The summed E-state index contributed by atoms with van der Waals surface area (Å²) in [5.74, 6) is -0.0126. The Morgan fingerprint density at radius 3 is 3.00 bits per heavy atom. The molecule has 4 nitrogen and oxygen atoms in total. The molecule has 2 heterocycles. The molecule has 0 unspecified atom stereocenters. The number of rotatable bonds is 2. The van der Waals surface area contributed by atoms with Crippen LogP contribution in [0.25, 0.3) is 10.2 Å². The second-order valence-corrected chi connectivity index (χ2v) is 4.75. The van der Waals surface area contributed by atoms with Gasteiger partial charge in [0.05, 0.1) is 21.8 Å². The zero-order valence-corrected chi connectivity index (χ0v) is 10.6. The Labute approximate surface area is 109 Å². The van der Waals surface area contributed by atoms with Gasteiger partial charge in [0, 0.05) is 18.7 Å². The van der Waals surface area contributed by atoms with Crippen molar-refractivity contribution in [3.63, 3.8) is 0 Å². The standard InChI is InChI=1S/C11H11N3OS.ClH/c15-11(14-8-4-12-5-8)7-1-2-10-9(3-7)13-6-16-10;/h1-3,6,8,12H,4-5H2,(H,14,15);1H. The van der Waals surface area contributed by atoms with Crippen molar-refractivity contribution in [3.05, 3.63) is 29.3 Å². The highest BCUT2D eigenvalue weighted by atomic mass is 35.5. The van der Waals surface area contributed by atoms with Gasteiger partial charge in [-0.15, -0.1) is 23.7 Å². The van der Waals surface area contributed by atoms with E-state index in [4.69, 9.17) is 0 Å². The number of carbonyl (C=O) groups excluding carboxylic acids is 1. The average molecular weight is 270 g/mol. The minimum atomic E-state index is -0.0126. The molecule has 0 radical (unpaired) electrons. The third kappa shape index (κ3) is 2.41. The van der Waals surface area contributed by atoms with Gasteiger partial charge in [0.1, 0.15) is 0 Å². The molecule has 1 aliphatic rings. The number of benzene rings is 1. The fourth-order valence-corrected chi connectivity index (χ4v) is 2.32. The number of thiazole rings is 1. The highest BCUT2D eigenvalue weighted by Crippen LogP contribution is 2.18. The normalized spacial score (nSPS) is 15.1. The number of aromatic nitrogens is 1. The molecule has 0 spiro atoms. The summed E-state index contributed by atoms with van der Waals surface area (Å²) in [6.07, 6.45) is 0. The molecule has 1 aromatic heterocycles. The van der Waals surface area contributed by atoms with Crippen LogP contribution < -0.4 is 10.6 Å². The van der Waals surface area contributed by atoms with Gasteiger partial charge in [0.15, 0.2) is 0 Å². The van der Waals surface area contributed by atoms with E-state index >= 15 is 0 Å². The highest BCUT2D eigenvalue weighted by molar-refractivity contribution is 7.16. The molecule has 0 bridgehead atoms. The van der Waals surface area contributed by atoms with Crippen LogP contribution in [-0.2, 0) is 0 Å². The number of nitrogens with one attached hydrogen (secondary N) is 2. The Balaban J connectivity index is 0.00000108. The predicted molar refractivity (Wildman–Crippen MR) is 71.0 cm³/mol. The fraction of sp³-hybridized carbons (Fsp3) is 0.273. The van der Waals surface area contributed by atoms with Crippen LogP contribution in [0.1, 0.15) is 10.4 Å². The van der Waals surface area contributed by atoms with Gasteiger partial charge in [0.25, 0.3) is 5.91 Å². The van der Waals surface area contributed by atoms with Gasteiger partial charge in [-0.1, -0.05) is 0 Å². The minimum Gasteiger partial charge on any atom is -0.347 e. The average Bonchev–Trinajstić information content (AvgIpc) is 2.69. The molecule has 90 valence electrons. The molecule has 1 aromatic carbocycles. The van der Waals surface area contributed by atoms with E-state index < -0.39 is 0 Å². The van der Waals surface area contributed by atoms with Gasteiger partial charge < -0.3 is 10.6 Å². The van der Waals surface area contributed by atoms with Gasteiger partial charge in [0.2, 0.25) is 0 Å². The van der Waals surface area contributed by atoms with Gasteiger partial charge in [-0.25, -0.2) is 4.98 Å². The first-order valence-corrected chi connectivity index (χ1v) is 6.06. The molecule has 1 aliphatic heterocycles. The van der Waals surface area contributed by atoms with E-state index in [1.807, 2.05) is 18.2 Å². The molecular formula is C11H12ClN3OS. The summed E-state index contributed by atoms with van der Waals surface area (Å²) < 4.78 is 1.11.